The van der Waals surface area contributed by atoms with E-state index in [1.54, 1.807) is 6.08 Å². The van der Waals surface area contributed by atoms with Gasteiger partial charge in [-0.3, -0.25) is 4.79 Å². The van der Waals surface area contributed by atoms with Crippen molar-refractivity contribution in [3.63, 3.8) is 0 Å². The minimum absolute atomic E-state index is 0.0612. The van der Waals surface area contributed by atoms with Gasteiger partial charge in [-0.1, -0.05) is 219 Å². The fourth-order valence-electron chi connectivity index (χ4n) is 6.53. The van der Waals surface area contributed by atoms with Gasteiger partial charge in [-0.25, -0.2) is 0 Å². The summed E-state index contributed by atoms with van der Waals surface area (Å²) in [6.45, 7) is 4.31. The fourth-order valence-corrected chi connectivity index (χ4v) is 6.53. The maximum atomic E-state index is 12.3. The molecule has 0 aromatic carbocycles. The third-order valence-electron chi connectivity index (χ3n) is 9.77. The van der Waals surface area contributed by atoms with Crippen molar-refractivity contribution < 1.29 is 15.0 Å². The van der Waals surface area contributed by atoms with Gasteiger partial charge in [-0.05, 0) is 19.3 Å². The summed E-state index contributed by atoms with van der Waals surface area (Å²) >= 11 is 0. The molecular weight excluding hydrogens is 566 g/mol. The van der Waals surface area contributed by atoms with Crippen molar-refractivity contribution in [3.8, 4) is 0 Å². The van der Waals surface area contributed by atoms with Gasteiger partial charge in [0.05, 0.1) is 18.8 Å². The number of unbranched alkanes of at least 4 members (excludes halogenated alkanes) is 31. The van der Waals surface area contributed by atoms with Crippen molar-refractivity contribution in [3.05, 3.63) is 12.2 Å². The molecule has 0 saturated heterocycles. The summed E-state index contributed by atoms with van der Waals surface area (Å²) in [5, 5.41) is 22.9. The molecular formula is C42H83NO3. The Morgan fingerprint density at radius 3 is 1.13 bits per heavy atom. The minimum atomic E-state index is -0.832. The van der Waals surface area contributed by atoms with Gasteiger partial charge in [0.2, 0.25) is 5.91 Å². The van der Waals surface area contributed by atoms with Crippen LogP contribution in [0.5, 0.6) is 0 Å². The lowest BCUT2D eigenvalue weighted by Crippen LogP contribution is -2.45. The van der Waals surface area contributed by atoms with Crippen LogP contribution in [0.4, 0.5) is 0 Å². The number of amides is 1. The molecule has 0 aromatic rings. The smallest absolute Gasteiger partial charge is 0.220 e. The van der Waals surface area contributed by atoms with Gasteiger partial charge < -0.3 is 15.5 Å². The molecule has 0 rings (SSSR count). The Kier molecular flexibility index (Phi) is 37.8. The van der Waals surface area contributed by atoms with Crippen molar-refractivity contribution in [2.75, 3.05) is 6.61 Å². The molecule has 3 N–H and O–H groups in total. The van der Waals surface area contributed by atoms with Gasteiger partial charge in [0.15, 0.2) is 0 Å². The highest BCUT2D eigenvalue weighted by atomic mass is 16.3. The molecule has 46 heavy (non-hydrogen) atoms. The Morgan fingerprint density at radius 2 is 0.804 bits per heavy atom. The molecule has 0 spiro atoms. The molecule has 0 fully saturated rings. The molecule has 2 atom stereocenters. The lowest BCUT2D eigenvalue weighted by molar-refractivity contribution is -0.123. The van der Waals surface area contributed by atoms with E-state index in [1.165, 1.54) is 186 Å². The number of carbonyl (C=O) groups is 1. The van der Waals surface area contributed by atoms with E-state index in [2.05, 4.69) is 19.2 Å². The molecule has 0 aliphatic carbocycles. The van der Waals surface area contributed by atoms with Crippen LogP contribution in [0.3, 0.4) is 0 Å². The summed E-state index contributed by atoms with van der Waals surface area (Å²) in [6.07, 6.45) is 47.5. The van der Waals surface area contributed by atoms with E-state index in [1.807, 2.05) is 6.08 Å². The molecule has 0 unspecified atom stereocenters. The third kappa shape index (κ3) is 34.5. The summed E-state index contributed by atoms with van der Waals surface area (Å²) in [5.74, 6) is -0.0612. The van der Waals surface area contributed by atoms with E-state index in [9.17, 15) is 15.0 Å². The average molecular weight is 650 g/mol. The SMILES string of the molecule is CCCCCCCCCCC/C=C/[C@@H](O)[C@H](CO)NC(=O)CCCCCCCCCCCCCCCCCCCCCCCCC. The van der Waals surface area contributed by atoms with Gasteiger partial charge in [-0.15, -0.1) is 0 Å². The van der Waals surface area contributed by atoms with Crippen LogP contribution in [0.2, 0.25) is 0 Å². The lowest BCUT2D eigenvalue weighted by Gasteiger charge is -2.20. The summed E-state index contributed by atoms with van der Waals surface area (Å²) < 4.78 is 0. The third-order valence-corrected chi connectivity index (χ3v) is 9.77. The first kappa shape index (κ1) is 45.1. The van der Waals surface area contributed by atoms with Gasteiger partial charge >= 0.3 is 0 Å². The van der Waals surface area contributed by atoms with Gasteiger partial charge in [0.1, 0.15) is 0 Å². The van der Waals surface area contributed by atoms with Gasteiger partial charge in [0, 0.05) is 6.42 Å². The highest BCUT2D eigenvalue weighted by molar-refractivity contribution is 5.76. The number of nitrogens with one attached hydrogen (secondary N) is 1. The Balaban J connectivity index is 3.47. The molecule has 274 valence electrons. The molecule has 0 saturated carbocycles. The fraction of sp³-hybridized carbons (Fsp3) is 0.929. The Bertz CT molecular complexity index is 622. The van der Waals surface area contributed by atoms with Crippen LogP contribution in [-0.2, 0) is 4.79 Å². The standard InChI is InChI=1S/C42H83NO3/c1-3-5-7-9-11-13-15-16-17-18-19-20-21-22-23-24-25-26-28-30-32-34-36-38-42(46)43-40(39-44)41(45)37-35-33-31-29-27-14-12-10-8-6-4-2/h35,37,40-41,44-45H,3-34,36,38-39H2,1-2H3,(H,43,46)/b37-35+/t40-,41+/m0/s1. The first-order chi connectivity index (χ1) is 22.7. The summed E-state index contributed by atoms with van der Waals surface area (Å²) in [5.41, 5.74) is 0. The van der Waals surface area contributed by atoms with E-state index in [-0.39, 0.29) is 12.5 Å². The van der Waals surface area contributed by atoms with Crippen molar-refractivity contribution in [2.24, 2.45) is 0 Å². The van der Waals surface area contributed by atoms with Gasteiger partial charge in [0.25, 0.3) is 0 Å². The highest BCUT2D eigenvalue weighted by Crippen LogP contribution is 2.16. The molecule has 0 aromatic heterocycles. The van der Waals surface area contributed by atoms with E-state index < -0.39 is 12.1 Å². The number of aliphatic hydroxyl groups is 2. The molecule has 0 radical (unpaired) electrons. The second-order valence-corrected chi connectivity index (χ2v) is 14.4. The molecule has 0 heterocycles. The maximum Gasteiger partial charge on any atom is 0.220 e. The number of rotatable bonds is 38. The van der Waals surface area contributed by atoms with Gasteiger partial charge in [-0.2, -0.15) is 0 Å². The van der Waals surface area contributed by atoms with Crippen LogP contribution < -0.4 is 5.32 Å². The number of carbonyl (C=O) groups excluding carboxylic acids is 1. The zero-order chi connectivity index (χ0) is 33.6. The molecule has 4 heteroatoms. The normalized spacial score (nSPS) is 13.0. The summed E-state index contributed by atoms with van der Waals surface area (Å²) in [7, 11) is 0. The van der Waals surface area contributed by atoms with E-state index in [0.29, 0.717) is 6.42 Å². The molecule has 1 amide bonds. The number of aliphatic hydroxyl groups excluding tert-OH is 2. The minimum Gasteiger partial charge on any atom is -0.394 e. The Hall–Kier alpha value is -0.870. The summed E-state index contributed by atoms with van der Waals surface area (Å²) in [4.78, 5) is 12.3. The summed E-state index contributed by atoms with van der Waals surface area (Å²) in [6, 6.07) is -0.614. The number of allylic oxidation sites excluding steroid dienone is 1. The quantitative estimate of drug-likeness (QED) is 0.0460. The maximum absolute atomic E-state index is 12.3. The highest BCUT2D eigenvalue weighted by Gasteiger charge is 2.17. The predicted molar refractivity (Wildman–Crippen MR) is 202 cm³/mol. The van der Waals surface area contributed by atoms with E-state index in [0.717, 1.165) is 25.7 Å². The van der Waals surface area contributed by atoms with Crippen molar-refractivity contribution >= 4 is 5.91 Å². The van der Waals surface area contributed by atoms with Crippen LogP contribution in [-0.4, -0.2) is 34.9 Å². The Labute approximate surface area is 288 Å². The van der Waals surface area contributed by atoms with E-state index >= 15 is 0 Å². The van der Waals surface area contributed by atoms with E-state index in [4.69, 9.17) is 0 Å². The second-order valence-electron chi connectivity index (χ2n) is 14.4. The van der Waals surface area contributed by atoms with Crippen LogP contribution in [0, 0.1) is 0 Å². The zero-order valence-corrected chi connectivity index (χ0v) is 31.4. The predicted octanol–water partition coefficient (Wildman–Crippen LogP) is 12.7. The second kappa shape index (κ2) is 38.6. The first-order valence-corrected chi connectivity index (χ1v) is 20.9. The topological polar surface area (TPSA) is 69.6 Å². The van der Waals surface area contributed by atoms with Crippen molar-refractivity contribution in [1.82, 2.24) is 5.32 Å². The van der Waals surface area contributed by atoms with Crippen molar-refractivity contribution in [1.29, 1.82) is 0 Å². The molecule has 0 bridgehead atoms. The number of hydrogen-bond donors (Lipinski definition) is 3. The molecule has 0 aliphatic heterocycles. The zero-order valence-electron chi connectivity index (χ0n) is 31.4. The van der Waals surface area contributed by atoms with Crippen LogP contribution >= 0.6 is 0 Å². The van der Waals surface area contributed by atoms with Crippen LogP contribution in [0.15, 0.2) is 12.2 Å². The van der Waals surface area contributed by atoms with Crippen LogP contribution in [0.1, 0.15) is 232 Å². The van der Waals surface area contributed by atoms with Crippen LogP contribution in [0.25, 0.3) is 0 Å². The average Bonchev–Trinajstić information content (AvgIpc) is 3.06. The Morgan fingerprint density at radius 1 is 0.500 bits per heavy atom. The first-order valence-electron chi connectivity index (χ1n) is 20.9. The monoisotopic (exact) mass is 650 g/mol. The number of hydrogen-bond acceptors (Lipinski definition) is 3. The molecule has 0 aliphatic rings. The van der Waals surface area contributed by atoms with Crippen molar-refractivity contribution in [2.45, 2.75) is 244 Å². The molecule has 4 nitrogen and oxygen atoms in total. The lowest BCUT2D eigenvalue weighted by atomic mass is 10.0. The largest absolute Gasteiger partial charge is 0.394 e.